The van der Waals surface area contributed by atoms with Gasteiger partial charge in [0.05, 0.1) is 6.10 Å². The summed E-state index contributed by atoms with van der Waals surface area (Å²) in [7, 11) is 0. The Morgan fingerprint density at radius 1 is 1.06 bits per heavy atom. The molecule has 3 aliphatic carbocycles. The molecule has 6 atom stereocenters. The molecule has 1 nitrogen and oxygen atoms in total. The molecule has 2 bridgehead atoms. The maximum Gasteiger partial charge on any atom is 0.0574 e. The van der Waals surface area contributed by atoms with Gasteiger partial charge in [-0.2, -0.15) is 0 Å². The lowest BCUT2D eigenvalue weighted by molar-refractivity contribution is -0.0194. The van der Waals surface area contributed by atoms with Crippen molar-refractivity contribution in [1.29, 1.82) is 0 Å². The Morgan fingerprint density at radius 2 is 1.75 bits per heavy atom. The predicted molar refractivity (Wildman–Crippen MR) is 66.0 cm³/mol. The Kier molecular flexibility index (Phi) is 2.11. The van der Waals surface area contributed by atoms with Crippen molar-refractivity contribution in [3.8, 4) is 0 Å². The lowest BCUT2D eigenvalue weighted by Crippen LogP contribution is -2.39. The molecule has 3 aliphatic rings. The second kappa shape index (κ2) is 3.04. The molecule has 1 N–H and O–H groups in total. The standard InChI is InChI=1S/C15H26O/c1-9-5-6-13-14(3,4)11-7-15(9,13)8-12(16)10(11)2/h9-13,16H,5-8H2,1-4H3/t9-,10-,11+,12+,13+,15-/m1/s1. The Bertz CT molecular complexity index is 309. The molecule has 0 aromatic rings. The lowest BCUT2D eigenvalue weighted by Gasteiger charge is -2.42. The van der Waals surface area contributed by atoms with E-state index in [9.17, 15) is 5.11 Å². The monoisotopic (exact) mass is 222 g/mol. The minimum atomic E-state index is -0.0384. The minimum Gasteiger partial charge on any atom is -0.393 e. The number of fused-ring (bicyclic) bond motifs is 1. The normalized spacial score (nSPS) is 58.7. The van der Waals surface area contributed by atoms with Crippen molar-refractivity contribution >= 4 is 0 Å². The van der Waals surface area contributed by atoms with Crippen molar-refractivity contribution in [3.05, 3.63) is 0 Å². The van der Waals surface area contributed by atoms with E-state index in [4.69, 9.17) is 0 Å². The van der Waals surface area contributed by atoms with Crippen LogP contribution in [0.4, 0.5) is 0 Å². The van der Waals surface area contributed by atoms with Crippen LogP contribution >= 0.6 is 0 Å². The third-order valence-electron chi connectivity index (χ3n) is 6.85. The largest absolute Gasteiger partial charge is 0.393 e. The van der Waals surface area contributed by atoms with Gasteiger partial charge < -0.3 is 5.11 Å². The maximum absolute atomic E-state index is 10.4. The van der Waals surface area contributed by atoms with Crippen LogP contribution in [-0.2, 0) is 0 Å². The van der Waals surface area contributed by atoms with E-state index in [1.165, 1.54) is 19.3 Å². The highest BCUT2D eigenvalue weighted by Crippen LogP contribution is 2.72. The highest BCUT2D eigenvalue weighted by molar-refractivity contribution is 5.15. The number of hydrogen-bond donors (Lipinski definition) is 1. The molecule has 0 radical (unpaired) electrons. The quantitative estimate of drug-likeness (QED) is 0.665. The summed E-state index contributed by atoms with van der Waals surface area (Å²) in [5.41, 5.74) is 0.960. The van der Waals surface area contributed by atoms with Crippen molar-refractivity contribution in [1.82, 2.24) is 0 Å². The van der Waals surface area contributed by atoms with Crippen LogP contribution in [0.2, 0.25) is 0 Å². The van der Waals surface area contributed by atoms with E-state index in [1.54, 1.807) is 0 Å². The summed E-state index contributed by atoms with van der Waals surface area (Å²) in [4.78, 5) is 0. The molecule has 1 heteroatoms. The van der Waals surface area contributed by atoms with Crippen molar-refractivity contribution in [2.45, 2.75) is 59.5 Å². The van der Waals surface area contributed by atoms with Gasteiger partial charge in [-0.3, -0.25) is 0 Å². The first-order valence-corrected chi connectivity index (χ1v) is 7.07. The van der Waals surface area contributed by atoms with Crippen LogP contribution in [0.5, 0.6) is 0 Å². The highest BCUT2D eigenvalue weighted by Gasteiger charge is 2.66. The van der Waals surface area contributed by atoms with Crippen molar-refractivity contribution in [2.75, 3.05) is 0 Å². The molecule has 0 aromatic heterocycles. The molecule has 16 heavy (non-hydrogen) atoms. The average molecular weight is 222 g/mol. The number of aliphatic hydroxyl groups excluding tert-OH is 1. The lowest BCUT2D eigenvalue weighted by atomic mass is 9.64. The van der Waals surface area contributed by atoms with E-state index >= 15 is 0 Å². The second-order valence-corrected chi connectivity index (χ2v) is 7.53. The molecule has 0 heterocycles. The van der Waals surface area contributed by atoms with Gasteiger partial charge in [-0.1, -0.05) is 27.7 Å². The average Bonchev–Trinajstić information content (AvgIpc) is 2.59. The molecule has 0 aromatic carbocycles. The van der Waals surface area contributed by atoms with Gasteiger partial charge in [0.2, 0.25) is 0 Å². The van der Waals surface area contributed by atoms with Crippen molar-refractivity contribution in [3.63, 3.8) is 0 Å². The van der Waals surface area contributed by atoms with E-state index in [0.717, 1.165) is 24.2 Å². The van der Waals surface area contributed by atoms with E-state index in [2.05, 4.69) is 27.7 Å². The topological polar surface area (TPSA) is 20.2 Å². The van der Waals surface area contributed by atoms with Crippen molar-refractivity contribution < 1.29 is 5.11 Å². The summed E-state index contributed by atoms with van der Waals surface area (Å²) in [6.45, 7) is 9.64. The smallest absolute Gasteiger partial charge is 0.0574 e. The van der Waals surface area contributed by atoms with Gasteiger partial charge in [0.1, 0.15) is 0 Å². The van der Waals surface area contributed by atoms with E-state index in [0.29, 0.717) is 16.7 Å². The van der Waals surface area contributed by atoms with Crippen LogP contribution in [0.3, 0.4) is 0 Å². The zero-order valence-electron chi connectivity index (χ0n) is 11.2. The third kappa shape index (κ3) is 1.06. The van der Waals surface area contributed by atoms with Crippen LogP contribution < -0.4 is 0 Å². The van der Waals surface area contributed by atoms with Gasteiger partial charge in [-0.15, -0.1) is 0 Å². The second-order valence-electron chi connectivity index (χ2n) is 7.53. The first-order chi connectivity index (χ1) is 7.39. The Labute approximate surface area is 99.6 Å². The Morgan fingerprint density at radius 3 is 2.44 bits per heavy atom. The molecule has 3 rings (SSSR count). The molecule has 3 fully saturated rings. The van der Waals surface area contributed by atoms with Crippen LogP contribution in [0.25, 0.3) is 0 Å². The van der Waals surface area contributed by atoms with Crippen LogP contribution in [0, 0.1) is 34.5 Å². The fourth-order valence-corrected chi connectivity index (χ4v) is 5.86. The van der Waals surface area contributed by atoms with Crippen LogP contribution in [0.1, 0.15) is 53.4 Å². The van der Waals surface area contributed by atoms with E-state index < -0.39 is 0 Å². The molecule has 3 saturated carbocycles. The maximum atomic E-state index is 10.4. The summed E-state index contributed by atoms with van der Waals surface area (Å²) in [5, 5.41) is 10.4. The summed E-state index contributed by atoms with van der Waals surface area (Å²) in [6.07, 6.45) is 5.24. The summed E-state index contributed by atoms with van der Waals surface area (Å²) in [6, 6.07) is 0. The number of hydrogen-bond acceptors (Lipinski definition) is 1. The van der Waals surface area contributed by atoms with E-state index in [1.807, 2.05) is 0 Å². The first kappa shape index (κ1) is 11.1. The molecule has 0 saturated heterocycles. The van der Waals surface area contributed by atoms with E-state index in [-0.39, 0.29) is 6.10 Å². The summed E-state index contributed by atoms with van der Waals surface area (Å²) >= 11 is 0. The van der Waals surface area contributed by atoms with Crippen LogP contribution in [-0.4, -0.2) is 11.2 Å². The fraction of sp³-hybridized carbons (Fsp3) is 1.00. The van der Waals surface area contributed by atoms with Gasteiger partial charge >= 0.3 is 0 Å². The zero-order valence-corrected chi connectivity index (χ0v) is 11.2. The minimum absolute atomic E-state index is 0.0384. The molecule has 92 valence electrons. The fourth-order valence-electron chi connectivity index (χ4n) is 5.86. The van der Waals surface area contributed by atoms with Gasteiger partial charge in [-0.25, -0.2) is 0 Å². The first-order valence-electron chi connectivity index (χ1n) is 7.07. The molecule has 0 aliphatic heterocycles. The van der Waals surface area contributed by atoms with Gasteiger partial charge in [-0.05, 0) is 60.2 Å². The molecular formula is C15H26O. The molecule has 0 amide bonds. The number of aliphatic hydroxyl groups is 1. The summed E-state index contributed by atoms with van der Waals surface area (Å²) < 4.78 is 0. The molecule has 0 unspecified atom stereocenters. The predicted octanol–water partition coefficient (Wildman–Crippen LogP) is 3.47. The zero-order chi connectivity index (χ0) is 11.7. The highest BCUT2D eigenvalue weighted by atomic mass is 16.3. The molecule has 1 spiro atoms. The summed E-state index contributed by atoms with van der Waals surface area (Å²) in [5.74, 6) is 2.98. The van der Waals surface area contributed by atoms with Gasteiger partial charge in [0.15, 0.2) is 0 Å². The SMILES string of the molecule is C[C@H]1[C@@H](O)C[C@@]23C[C@@H]1C(C)(C)[C@@H]2CC[C@H]3C. The van der Waals surface area contributed by atoms with Crippen molar-refractivity contribution in [2.24, 2.45) is 34.5 Å². The molecular weight excluding hydrogens is 196 g/mol. The number of rotatable bonds is 0. The van der Waals surface area contributed by atoms with Gasteiger partial charge in [0.25, 0.3) is 0 Å². The van der Waals surface area contributed by atoms with Gasteiger partial charge in [0, 0.05) is 0 Å². The van der Waals surface area contributed by atoms with Crippen LogP contribution in [0.15, 0.2) is 0 Å². The Balaban J connectivity index is 2.06. The third-order valence-corrected chi connectivity index (χ3v) is 6.85. The Hall–Kier alpha value is -0.0400.